The summed E-state index contributed by atoms with van der Waals surface area (Å²) in [6, 6.07) is 15.5. The molecule has 1 aromatic heterocycles. The predicted octanol–water partition coefficient (Wildman–Crippen LogP) is 5.09. The van der Waals surface area contributed by atoms with Gasteiger partial charge >= 0.3 is 0 Å². The number of hydrogen-bond donors (Lipinski definition) is 2. The fraction of sp³-hybridized carbons (Fsp3) is 0.515. The average molecular weight is 526 g/mol. The number of carbonyl (C=O) groups excluding carboxylic acids is 1. The van der Waals surface area contributed by atoms with E-state index in [0.717, 1.165) is 43.5 Å². The molecule has 2 saturated carbocycles. The molecule has 1 aliphatic heterocycles. The quantitative estimate of drug-likeness (QED) is 0.487. The zero-order valence-corrected chi connectivity index (χ0v) is 23.2. The number of carbonyl (C=O) groups is 1. The van der Waals surface area contributed by atoms with E-state index in [1.165, 1.54) is 36.6 Å². The minimum absolute atomic E-state index is 0.0266. The maximum atomic E-state index is 14.0. The number of H-pyrrole nitrogens is 1. The van der Waals surface area contributed by atoms with Crippen LogP contribution in [0.4, 0.5) is 0 Å². The number of aromatic nitrogens is 1. The van der Waals surface area contributed by atoms with Gasteiger partial charge < -0.3 is 15.0 Å². The third kappa shape index (κ3) is 3.56. The second-order valence-corrected chi connectivity index (χ2v) is 13.0. The molecule has 6 nitrogen and oxygen atoms in total. The molecule has 4 aliphatic rings. The summed E-state index contributed by atoms with van der Waals surface area (Å²) >= 11 is 0. The van der Waals surface area contributed by atoms with Crippen LogP contribution < -0.4 is 5.56 Å². The van der Waals surface area contributed by atoms with Gasteiger partial charge in [0.25, 0.3) is 5.91 Å². The van der Waals surface area contributed by atoms with Crippen LogP contribution in [-0.4, -0.2) is 58.0 Å². The molecule has 5 unspecified atom stereocenters. The van der Waals surface area contributed by atoms with Crippen molar-refractivity contribution < 1.29 is 9.90 Å². The van der Waals surface area contributed by atoms with Crippen LogP contribution >= 0.6 is 0 Å². The second kappa shape index (κ2) is 8.69. The third-order valence-electron chi connectivity index (χ3n) is 11.3. The van der Waals surface area contributed by atoms with Crippen molar-refractivity contribution in [2.24, 2.45) is 17.3 Å². The molecule has 39 heavy (non-hydrogen) atoms. The number of benzene rings is 2. The van der Waals surface area contributed by atoms with Crippen molar-refractivity contribution in [3.63, 3.8) is 0 Å². The first-order valence-electron chi connectivity index (χ1n) is 14.7. The van der Waals surface area contributed by atoms with E-state index in [1.54, 1.807) is 0 Å². The summed E-state index contributed by atoms with van der Waals surface area (Å²) < 4.78 is 0. The molecule has 3 aromatic rings. The fourth-order valence-corrected chi connectivity index (χ4v) is 9.05. The molecule has 0 spiro atoms. The first-order valence-corrected chi connectivity index (χ1v) is 14.7. The zero-order chi connectivity index (χ0) is 27.1. The summed E-state index contributed by atoms with van der Waals surface area (Å²) in [4.78, 5) is 34.0. The highest BCUT2D eigenvalue weighted by Gasteiger charge is 2.67. The van der Waals surface area contributed by atoms with E-state index < -0.39 is 0 Å². The molecule has 3 aliphatic carbocycles. The number of likely N-dealkylation sites (tertiary alicyclic amines) is 1. The maximum absolute atomic E-state index is 14.0. The standard InChI is InChI=1S/C33H39N3O3/c1-20(35(3)31(39)25-18-30(38)34-28-7-5-4-6-24(25)28)26-12-13-32(2)29-16-22-10-11-23(37)17-27(22)33(26,32)14-15-36(29)19-21-8-9-21/h4-7,10-11,17-18,20-21,26,29,37H,8-9,12-16,19H2,1-3H3,(H,34,38). The summed E-state index contributed by atoms with van der Waals surface area (Å²) in [7, 11) is 1.90. The Bertz CT molecular complexity index is 1530. The molecule has 3 fully saturated rings. The van der Waals surface area contributed by atoms with E-state index in [1.807, 2.05) is 48.3 Å². The van der Waals surface area contributed by atoms with E-state index in [4.69, 9.17) is 0 Å². The minimum atomic E-state index is -0.257. The number of aromatic hydroxyl groups is 1. The van der Waals surface area contributed by atoms with E-state index in [9.17, 15) is 14.7 Å². The summed E-state index contributed by atoms with van der Waals surface area (Å²) in [5, 5.41) is 11.4. The first kappa shape index (κ1) is 24.9. The van der Waals surface area contributed by atoms with Gasteiger partial charge in [0.05, 0.1) is 5.56 Å². The molecular formula is C33H39N3O3. The van der Waals surface area contributed by atoms with Crippen molar-refractivity contribution in [1.29, 1.82) is 0 Å². The number of rotatable bonds is 5. The Hall–Kier alpha value is -3.12. The van der Waals surface area contributed by atoms with Gasteiger partial charge in [0.1, 0.15) is 5.75 Å². The second-order valence-electron chi connectivity index (χ2n) is 13.0. The van der Waals surface area contributed by atoms with Crippen LogP contribution in [-0.2, 0) is 11.8 Å². The topological polar surface area (TPSA) is 76.6 Å². The van der Waals surface area contributed by atoms with Gasteiger partial charge in [0.2, 0.25) is 5.56 Å². The van der Waals surface area contributed by atoms with Gasteiger partial charge in [-0.05, 0) is 98.6 Å². The highest BCUT2D eigenvalue weighted by molar-refractivity contribution is 6.06. The number of fused-ring (bicyclic) bond motifs is 2. The lowest BCUT2D eigenvalue weighted by Crippen LogP contribution is -2.67. The van der Waals surface area contributed by atoms with E-state index >= 15 is 0 Å². The number of hydrogen-bond acceptors (Lipinski definition) is 4. The van der Waals surface area contributed by atoms with Crippen LogP contribution in [0.15, 0.2) is 53.3 Å². The van der Waals surface area contributed by atoms with E-state index in [-0.39, 0.29) is 34.3 Å². The molecular weight excluding hydrogens is 486 g/mol. The van der Waals surface area contributed by atoms with E-state index in [2.05, 4.69) is 29.8 Å². The van der Waals surface area contributed by atoms with Gasteiger partial charge in [0, 0.05) is 48.1 Å². The van der Waals surface area contributed by atoms with Crippen molar-refractivity contribution in [2.75, 3.05) is 20.1 Å². The molecule has 0 radical (unpaired) electrons. The summed E-state index contributed by atoms with van der Waals surface area (Å²) in [5.74, 6) is 1.34. The number of phenolic OH excluding ortho intramolecular Hbond substituents is 1. The predicted molar refractivity (Wildman–Crippen MR) is 153 cm³/mol. The van der Waals surface area contributed by atoms with Crippen LogP contribution in [0.5, 0.6) is 5.75 Å². The molecule has 2 aromatic carbocycles. The van der Waals surface area contributed by atoms with Gasteiger partial charge in [-0.25, -0.2) is 0 Å². The largest absolute Gasteiger partial charge is 0.508 e. The summed E-state index contributed by atoms with van der Waals surface area (Å²) in [5.41, 5.74) is 3.54. The molecule has 1 saturated heterocycles. The Labute approximate surface area is 230 Å². The monoisotopic (exact) mass is 525 g/mol. The van der Waals surface area contributed by atoms with Crippen LogP contribution in [0.2, 0.25) is 0 Å². The lowest BCUT2D eigenvalue weighted by molar-refractivity contribution is -0.0626. The number of pyridine rings is 1. The van der Waals surface area contributed by atoms with Crippen LogP contribution in [0.25, 0.3) is 10.9 Å². The van der Waals surface area contributed by atoms with Crippen LogP contribution in [0.3, 0.4) is 0 Å². The number of piperidine rings is 1. The van der Waals surface area contributed by atoms with Crippen LogP contribution in [0, 0.1) is 17.3 Å². The van der Waals surface area contributed by atoms with Crippen molar-refractivity contribution in [3.05, 3.63) is 75.6 Å². The minimum Gasteiger partial charge on any atom is -0.508 e. The number of phenols is 1. The van der Waals surface area contributed by atoms with Gasteiger partial charge in [-0.3, -0.25) is 14.5 Å². The Morgan fingerprint density at radius 1 is 1.15 bits per heavy atom. The lowest BCUT2D eigenvalue weighted by atomic mass is 9.48. The molecule has 6 heteroatoms. The SMILES string of the molecule is CC(C1CCC2(C)C3Cc4ccc(O)cc4C12CCN3CC1CC1)N(C)C(=O)c1cc(=O)[nH]c2ccccc12. The first-order chi connectivity index (χ1) is 18.7. The Balaban J connectivity index is 1.29. The molecule has 204 valence electrons. The number of aromatic amines is 1. The summed E-state index contributed by atoms with van der Waals surface area (Å²) in [6.45, 7) is 6.98. The Kier molecular flexibility index (Phi) is 5.55. The molecule has 2 N–H and O–H groups in total. The highest BCUT2D eigenvalue weighted by atomic mass is 16.3. The zero-order valence-electron chi connectivity index (χ0n) is 23.2. The normalized spacial score (nSPS) is 30.5. The lowest BCUT2D eigenvalue weighted by Gasteiger charge is -2.63. The van der Waals surface area contributed by atoms with Crippen LogP contribution in [0.1, 0.15) is 67.4 Å². The van der Waals surface area contributed by atoms with Gasteiger partial charge in [-0.15, -0.1) is 0 Å². The summed E-state index contributed by atoms with van der Waals surface area (Å²) in [6.07, 6.45) is 6.98. The Morgan fingerprint density at radius 3 is 2.74 bits per heavy atom. The van der Waals surface area contributed by atoms with Gasteiger partial charge in [-0.2, -0.15) is 0 Å². The Morgan fingerprint density at radius 2 is 1.95 bits per heavy atom. The van der Waals surface area contributed by atoms with Crippen molar-refractivity contribution in [1.82, 2.24) is 14.8 Å². The number of nitrogens with one attached hydrogen (secondary N) is 1. The van der Waals surface area contributed by atoms with Crippen molar-refractivity contribution in [3.8, 4) is 5.75 Å². The fourth-order valence-electron chi connectivity index (χ4n) is 9.05. The third-order valence-corrected chi connectivity index (χ3v) is 11.3. The number of para-hydroxylation sites is 1. The average Bonchev–Trinajstić information content (AvgIpc) is 3.68. The number of nitrogens with zero attached hydrogens (tertiary/aromatic N) is 2. The molecule has 5 atom stereocenters. The van der Waals surface area contributed by atoms with Crippen molar-refractivity contribution in [2.45, 2.75) is 69.9 Å². The van der Waals surface area contributed by atoms with Gasteiger partial charge in [0.15, 0.2) is 0 Å². The van der Waals surface area contributed by atoms with Gasteiger partial charge in [-0.1, -0.05) is 31.2 Å². The highest BCUT2D eigenvalue weighted by Crippen LogP contribution is 2.68. The number of amides is 1. The van der Waals surface area contributed by atoms with E-state index in [0.29, 0.717) is 22.9 Å². The smallest absolute Gasteiger partial charge is 0.254 e. The molecule has 2 heterocycles. The van der Waals surface area contributed by atoms with Crippen molar-refractivity contribution >= 4 is 16.8 Å². The molecule has 7 rings (SSSR count). The maximum Gasteiger partial charge on any atom is 0.254 e. The molecule has 1 amide bonds. The molecule has 2 bridgehead atoms.